The van der Waals surface area contributed by atoms with Crippen molar-refractivity contribution in [3.8, 4) is 5.75 Å². The second-order valence-corrected chi connectivity index (χ2v) is 6.66. The number of amides is 2. The van der Waals surface area contributed by atoms with Crippen molar-refractivity contribution < 1.29 is 31.9 Å². The predicted molar refractivity (Wildman–Crippen MR) is 93.2 cm³/mol. The molecule has 28 heavy (non-hydrogen) atoms. The second kappa shape index (κ2) is 9.22. The van der Waals surface area contributed by atoms with E-state index in [0.717, 1.165) is 0 Å². The van der Waals surface area contributed by atoms with Gasteiger partial charge in [-0.05, 0) is 31.4 Å². The maximum Gasteiger partial charge on any atom is 0.329 e. The molecule has 1 atom stereocenters. The van der Waals surface area contributed by atoms with E-state index in [2.05, 4.69) is 5.32 Å². The Balaban J connectivity index is 1.60. The Morgan fingerprint density at radius 3 is 2.32 bits per heavy atom. The highest BCUT2D eigenvalue weighted by molar-refractivity contribution is 5.82. The summed E-state index contributed by atoms with van der Waals surface area (Å²) in [6.45, 7) is -2.48. The maximum absolute atomic E-state index is 13.2. The van der Waals surface area contributed by atoms with Crippen LogP contribution in [0.4, 0.5) is 17.6 Å². The first-order valence-electron chi connectivity index (χ1n) is 8.87. The Labute approximate surface area is 160 Å². The number of hydrogen-bond donors (Lipinski definition) is 2. The monoisotopic (exact) mass is 405 g/mol. The number of rotatable bonds is 9. The van der Waals surface area contributed by atoms with Crippen LogP contribution in [-0.2, 0) is 9.59 Å². The summed E-state index contributed by atoms with van der Waals surface area (Å²) in [5.74, 6) is -9.15. The van der Waals surface area contributed by atoms with Gasteiger partial charge in [-0.25, -0.2) is 0 Å². The minimum Gasteiger partial charge on any atom is -0.484 e. The lowest BCUT2D eigenvalue weighted by atomic mass is 10.1. The predicted octanol–water partition coefficient (Wildman–Crippen LogP) is 1.79. The van der Waals surface area contributed by atoms with E-state index < -0.39 is 36.9 Å². The van der Waals surface area contributed by atoms with Crippen LogP contribution in [0.5, 0.6) is 5.75 Å². The number of carbonyl (C=O) groups is 2. The molecule has 1 aliphatic rings. The molecule has 1 saturated heterocycles. The van der Waals surface area contributed by atoms with E-state index in [0.29, 0.717) is 30.0 Å². The van der Waals surface area contributed by atoms with Gasteiger partial charge in [0.25, 0.3) is 5.91 Å². The number of nitrogens with zero attached hydrogens (tertiary/aromatic N) is 1. The minimum absolute atomic E-state index is 0.139. The molecule has 1 heterocycles. The molecule has 2 amide bonds. The normalized spacial score (nSPS) is 18.5. The molecule has 6 nitrogen and oxygen atoms in total. The largest absolute Gasteiger partial charge is 0.484 e. The standard InChI is InChI=1S/C18H23F4N3O3/c19-17(20)11-25(12-18(17,21)22)16(27)14(23)8-4-5-9-24-15(26)10-28-13-6-2-1-3-7-13/h1-3,6-7,14H,4-5,8-12,23H2,(H,24,26)/t14-/m0/s1. The summed E-state index contributed by atoms with van der Waals surface area (Å²) >= 11 is 0. The fourth-order valence-corrected chi connectivity index (χ4v) is 2.71. The van der Waals surface area contributed by atoms with Gasteiger partial charge in [-0.3, -0.25) is 9.59 Å². The zero-order chi connectivity index (χ0) is 20.8. The molecule has 1 aromatic carbocycles. The zero-order valence-corrected chi connectivity index (χ0v) is 15.2. The molecule has 156 valence electrons. The molecule has 0 aliphatic carbocycles. The fraction of sp³-hybridized carbons (Fsp3) is 0.556. The fourth-order valence-electron chi connectivity index (χ4n) is 2.71. The average molecular weight is 405 g/mol. The molecule has 0 spiro atoms. The zero-order valence-electron chi connectivity index (χ0n) is 15.2. The highest BCUT2D eigenvalue weighted by Crippen LogP contribution is 2.41. The number of halogens is 4. The molecule has 0 aromatic heterocycles. The molecule has 3 N–H and O–H groups in total. The number of benzene rings is 1. The van der Waals surface area contributed by atoms with E-state index in [-0.39, 0.29) is 18.9 Å². The van der Waals surface area contributed by atoms with Crippen LogP contribution < -0.4 is 15.8 Å². The van der Waals surface area contributed by atoms with Gasteiger partial charge in [-0.2, -0.15) is 17.6 Å². The van der Waals surface area contributed by atoms with Crippen molar-refractivity contribution in [3.05, 3.63) is 30.3 Å². The van der Waals surface area contributed by atoms with Crippen LogP contribution in [0, 0.1) is 0 Å². The summed E-state index contributed by atoms with van der Waals surface area (Å²) in [4.78, 5) is 24.0. The number of para-hydroxylation sites is 1. The number of alkyl halides is 4. The van der Waals surface area contributed by atoms with Crippen molar-refractivity contribution in [2.24, 2.45) is 5.73 Å². The highest BCUT2D eigenvalue weighted by atomic mass is 19.3. The van der Waals surface area contributed by atoms with E-state index in [1.807, 2.05) is 6.07 Å². The Morgan fingerprint density at radius 1 is 1.11 bits per heavy atom. The smallest absolute Gasteiger partial charge is 0.329 e. The van der Waals surface area contributed by atoms with Crippen LogP contribution in [0.3, 0.4) is 0 Å². The van der Waals surface area contributed by atoms with Crippen molar-refractivity contribution in [2.75, 3.05) is 26.2 Å². The van der Waals surface area contributed by atoms with Gasteiger partial charge in [0, 0.05) is 6.54 Å². The van der Waals surface area contributed by atoms with Gasteiger partial charge < -0.3 is 20.7 Å². The van der Waals surface area contributed by atoms with Gasteiger partial charge in [0.15, 0.2) is 6.61 Å². The molecular formula is C18H23F4N3O3. The average Bonchev–Trinajstić information content (AvgIpc) is 2.87. The van der Waals surface area contributed by atoms with Crippen molar-refractivity contribution >= 4 is 11.8 Å². The Kier molecular flexibility index (Phi) is 7.22. The summed E-state index contributed by atoms with van der Waals surface area (Å²) in [6.07, 6.45) is 1.06. The third-order valence-corrected chi connectivity index (χ3v) is 4.32. The number of ether oxygens (including phenoxy) is 1. The molecule has 0 radical (unpaired) electrons. The maximum atomic E-state index is 13.2. The van der Waals surface area contributed by atoms with Crippen molar-refractivity contribution in [2.45, 2.75) is 37.1 Å². The lowest BCUT2D eigenvalue weighted by Gasteiger charge is -2.19. The molecule has 1 fully saturated rings. The first kappa shape index (κ1) is 21.9. The molecule has 0 bridgehead atoms. The summed E-state index contributed by atoms with van der Waals surface area (Å²) in [5.41, 5.74) is 5.64. The third-order valence-electron chi connectivity index (χ3n) is 4.32. The first-order chi connectivity index (χ1) is 13.1. The molecule has 2 rings (SSSR count). The van der Waals surface area contributed by atoms with Crippen molar-refractivity contribution in [1.29, 1.82) is 0 Å². The quantitative estimate of drug-likeness (QED) is 0.485. The number of nitrogens with two attached hydrogens (primary N) is 1. The number of carbonyl (C=O) groups excluding carboxylic acids is 2. The second-order valence-electron chi connectivity index (χ2n) is 6.66. The molecule has 10 heteroatoms. The number of likely N-dealkylation sites (tertiary alicyclic amines) is 1. The van der Waals surface area contributed by atoms with Crippen LogP contribution in [0.15, 0.2) is 30.3 Å². The highest BCUT2D eigenvalue weighted by Gasteiger charge is 2.64. The molecule has 0 unspecified atom stereocenters. The number of unbranched alkanes of at least 4 members (excludes halogenated alkanes) is 1. The van der Waals surface area contributed by atoms with Gasteiger partial charge in [-0.15, -0.1) is 0 Å². The summed E-state index contributed by atoms with van der Waals surface area (Å²) in [7, 11) is 0. The van der Waals surface area contributed by atoms with Gasteiger partial charge >= 0.3 is 11.8 Å². The van der Waals surface area contributed by atoms with Crippen LogP contribution in [0.2, 0.25) is 0 Å². The third kappa shape index (κ3) is 5.82. The van der Waals surface area contributed by atoms with Crippen LogP contribution in [0.25, 0.3) is 0 Å². The van der Waals surface area contributed by atoms with E-state index in [1.165, 1.54) is 0 Å². The van der Waals surface area contributed by atoms with Crippen LogP contribution in [-0.4, -0.2) is 60.8 Å². The first-order valence-corrected chi connectivity index (χ1v) is 8.87. The molecule has 1 aliphatic heterocycles. The van der Waals surface area contributed by atoms with E-state index in [1.54, 1.807) is 24.3 Å². The molecule has 1 aromatic rings. The number of nitrogens with one attached hydrogen (secondary N) is 1. The van der Waals surface area contributed by atoms with Crippen LogP contribution in [0.1, 0.15) is 19.3 Å². The Bertz CT molecular complexity index is 657. The van der Waals surface area contributed by atoms with E-state index >= 15 is 0 Å². The lowest BCUT2D eigenvalue weighted by Crippen LogP contribution is -2.43. The molecular weight excluding hydrogens is 382 g/mol. The van der Waals surface area contributed by atoms with Gasteiger partial charge in [-0.1, -0.05) is 18.2 Å². The lowest BCUT2D eigenvalue weighted by molar-refractivity contribution is -0.172. The summed E-state index contributed by atoms with van der Waals surface area (Å²) in [6, 6.07) is 7.69. The van der Waals surface area contributed by atoms with Crippen LogP contribution >= 0.6 is 0 Å². The van der Waals surface area contributed by atoms with Crippen molar-refractivity contribution in [1.82, 2.24) is 10.2 Å². The topological polar surface area (TPSA) is 84.7 Å². The van der Waals surface area contributed by atoms with E-state index in [9.17, 15) is 27.2 Å². The van der Waals surface area contributed by atoms with Crippen molar-refractivity contribution in [3.63, 3.8) is 0 Å². The van der Waals surface area contributed by atoms with Gasteiger partial charge in [0.2, 0.25) is 5.91 Å². The Morgan fingerprint density at radius 2 is 1.71 bits per heavy atom. The van der Waals surface area contributed by atoms with Gasteiger partial charge in [0.1, 0.15) is 5.75 Å². The van der Waals surface area contributed by atoms with E-state index in [4.69, 9.17) is 10.5 Å². The minimum atomic E-state index is -4.24. The summed E-state index contributed by atoms with van der Waals surface area (Å²) in [5, 5.41) is 2.63. The SMILES string of the molecule is N[C@@H](CCCCNC(=O)COc1ccccc1)C(=O)N1CC(F)(F)C(F)(F)C1. The Hall–Kier alpha value is -2.36. The number of hydrogen-bond acceptors (Lipinski definition) is 4. The van der Waals surface area contributed by atoms with Gasteiger partial charge in [0.05, 0.1) is 19.1 Å². The molecule has 0 saturated carbocycles. The summed E-state index contributed by atoms with van der Waals surface area (Å²) < 4.78 is 57.9.